The summed E-state index contributed by atoms with van der Waals surface area (Å²) in [5.41, 5.74) is -4.01. The first-order chi connectivity index (χ1) is 18.4. The van der Waals surface area contributed by atoms with Gasteiger partial charge < -0.3 is 9.84 Å². The minimum Gasteiger partial charge on any atom is -0.496 e. The van der Waals surface area contributed by atoms with Crippen molar-refractivity contribution in [3.63, 3.8) is 0 Å². The van der Waals surface area contributed by atoms with Gasteiger partial charge in [-0.05, 0) is 71.1 Å². The molecule has 4 nitrogen and oxygen atoms in total. The Balaban J connectivity index is 2.15. The van der Waals surface area contributed by atoms with E-state index in [1.165, 1.54) is 7.11 Å². The second kappa shape index (κ2) is 11.3. The van der Waals surface area contributed by atoms with Crippen LogP contribution in [0.1, 0.15) is 40.3 Å². The first-order valence-corrected chi connectivity index (χ1v) is 11.6. The maximum atomic E-state index is 13.6. The van der Waals surface area contributed by atoms with Gasteiger partial charge in [0.2, 0.25) is 0 Å². The zero-order chi connectivity index (χ0) is 30.0. The van der Waals surface area contributed by atoms with Gasteiger partial charge >= 0.3 is 24.6 Å². The summed E-state index contributed by atoms with van der Waals surface area (Å²) in [6.07, 6.45) is -16.4. The van der Waals surface area contributed by atoms with Crippen molar-refractivity contribution in [1.29, 1.82) is 0 Å². The van der Waals surface area contributed by atoms with Crippen LogP contribution in [0.25, 0.3) is 11.1 Å². The first-order valence-electron chi connectivity index (χ1n) is 11.6. The molecule has 1 N–H and O–H groups in total. The Morgan fingerprint density at radius 2 is 1.30 bits per heavy atom. The van der Waals surface area contributed by atoms with Crippen molar-refractivity contribution in [1.82, 2.24) is 4.90 Å². The van der Waals surface area contributed by atoms with Crippen LogP contribution in [-0.4, -0.2) is 23.2 Å². The molecule has 0 atom stereocenters. The summed E-state index contributed by atoms with van der Waals surface area (Å²) in [5, 5.41) is 9.76. The number of hydrogen-bond acceptors (Lipinski definition) is 2. The minimum absolute atomic E-state index is 0.105. The summed E-state index contributed by atoms with van der Waals surface area (Å²) in [5.74, 6) is 0.257. The molecular formula is C27H22F9NO3. The van der Waals surface area contributed by atoms with Crippen LogP contribution in [0.4, 0.5) is 44.3 Å². The number of rotatable bonds is 7. The predicted molar refractivity (Wildman–Crippen MR) is 127 cm³/mol. The van der Waals surface area contributed by atoms with Crippen LogP contribution in [0.2, 0.25) is 0 Å². The summed E-state index contributed by atoms with van der Waals surface area (Å²) in [6.45, 7) is 0.0749. The molecule has 3 rings (SSSR count). The third-order valence-corrected chi connectivity index (χ3v) is 6.05. The number of halogens is 9. The number of hydrogen-bond donors (Lipinski definition) is 1. The highest BCUT2D eigenvalue weighted by atomic mass is 19.4. The number of aryl methyl sites for hydroxylation is 1. The molecule has 3 aromatic carbocycles. The van der Waals surface area contributed by atoms with Crippen molar-refractivity contribution in [2.45, 2.75) is 45.0 Å². The summed E-state index contributed by atoms with van der Waals surface area (Å²) >= 11 is 0. The lowest BCUT2D eigenvalue weighted by Gasteiger charge is -2.24. The van der Waals surface area contributed by atoms with Gasteiger partial charge in [0.1, 0.15) is 5.75 Å². The van der Waals surface area contributed by atoms with Crippen LogP contribution in [0, 0.1) is 0 Å². The van der Waals surface area contributed by atoms with Gasteiger partial charge in [-0.1, -0.05) is 19.1 Å². The van der Waals surface area contributed by atoms with Crippen LogP contribution < -0.4 is 4.74 Å². The Morgan fingerprint density at radius 1 is 0.725 bits per heavy atom. The average Bonchev–Trinajstić information content (AvgIpc) is 2.86. The number of amides is 1. The van der Waals surface area contributed by atoms with Crippen LogP contribution in [0.15, 0.2) is 54.6 Å². The van der Waals surface area contributed by atoms with Gasteiger partial charge in [0, 0.05) is 18.7 Å². The van der Waals surface area contributed by atoms with E-state index in [0.717, 1.165) is 17.7 Å². The molecule has 0 aliphatic carbocycles. The summed E-state index contributed by atoms with van der Waals surface area (Å²) in [4.78, 5) is 12.5. The molecular weight excluding hydrogens is 557 g/mol. The van der Waals surface area contributed by atoms with Gasteiger partial charge in [-0.2, -0.15) is 39.5 Å². The molecule has 0 aromatic heterocycles. The highest BCUT2D eigenvalue weighted by molar-refractivity contribution is 5.75. The summed E-state index contributed by atoms with van der Waals surface area (Å²) in [6, 6.07) is 8.15. The van der Waals surface area contributed by atoms with E-state index >= 15 is 0 Å². The fourth-order valence-electron chi connectivity index (χ4n) is 4.08. The number of alkyl halides is 9. The maximum absolute atomic E-state index is 13.6. The third-order valence-electron chi connectivity index (χ3n) is 6.05. The van der Waals surface area contributed by atoms with Crippen LogP contribution in [0.5, 0.6) is 5.75 Å². The monoisotopic (exact) mass is 579 g/mol. The molecule has 13 heteroatoms. The first kappa shape index (κ1) is 30.6. The lowest BCUT2D eigenvalue weighted by Crippen LogP contribution is -2.29. The van der Waals surface area contributed by atoms with E-state index in [4.69, 9.17) is 4.74 Å². The third kappa shape index (κ3) is 7.19. The standard InChI is InChI=1S/C27H22F9NO3/c1-3-15-4-7-23(40-2)22(10-15)21-6-5-18(25(28,29)30)11-17(21)14-37(24(38)39)13-16-8-19(26(31,32)33)12-20(9-16)27(34,35)36/h4-12H,3,13-14H2,1-2H3,(H,38,39). The van der Waals surface area contributed by atoms with E-state index in [2.05, 4.69) is 0 Å². The van der Waals surface area contributed by atoms with E-state index in [-0.39, 0.29) is 22.9 Å². The molecule has 216 valence electrons. The number of benzene rings is 3. The Morgan fingerprint density at radius 3 is 1.77 bits per heavy atom. The average molecular weight is 579 g/mol. The lowest BCUT2D eigenvalue weighted by molar-refractivity contribution is -0.143. The largest absolute Gasteiger partial charge is 0.496 e. The molecule has 0 bridgehead atoms. The van der Waals surface area contributed by atoms with Gasteiger partial charge in [0.25, 0.3) is 0 Å². The number of carboxylic acid groups (broad SMARTS) is 1. The van der Waals surface area contributed by atoms with E-state index in [0.29, 0.717) is 35.1 Å². The number of nitrogens with zero attached hydrogens (tertiary/aromatic N) is 1. The number of ether oxygens (including phenoxy) is 1. The molecule has 0 saturated heterocycles. The number of carbonyl (C=O) groups is 1. The minimum atomic E-state index is -5.17. The van der Waals surface area contributed by atoms with Crippen LogP contribution >= 0.6 is 0 Å². The van der Waals surface area contributed by atoms with Gasteiger partial charge in [-0.15, -0.1) is 0 Å². The molecule has 0 fully saturated rings. The molecule has 40 heavy (non-hydrogen) atoms. The maximum Gasteiger partial charge on any atom is 0.416 e. The topological polar surface area (TPSA) is 49.8 Å². The van der Waals surface area contributed by atoms with E-state index < -0.39 is 60.0 Å². The van der Waals surface area contributed by atoms with Crippen molar-refractivity contribution in [3.8, 4) is 16.9 Å². The van der Waals surface area contributed by atoms with Crippen molar-refractivity contribution >= 4 is 6.09 Å². The molecule has 0 saturated carbocycles. The van der Waals surface area contributed by atoms with Gasteiger partial charge in [0.15, 0.2) is 0 Å². The number of methoxy groups -OCH3 is 1. The highest BCUT2D eigenvalue weighted by Gasteiger charge is 2.37. The Hall–Kier alpha value is -3.90. The SMILES string of the molecule is CCc1ccc(OC)c(-c2ccc(C(F)(F)F)cc2CN(Cc2cc(C(F)(F)F)cc(C(F)(F)F)c2)C(=O)O)c1. The highest BCUT2D eigenvalue weighted by Crippen LogP contribution is 2.39. The van der Waals surface area contributed by atoms with Gasteiger partial charge in [0.05, 0.1) is 23.8 Å². The molecule has 3 aromatic rings. The summed E-state index contributed by atoms with van der Waals surface area (Å²) < 4.78 is 126. The zero-order valence-corrected chi connectivity index (χ0v) is 20.9. The van der Waals surface area contributed by atoms with Crippen LogP contribution in [-0.2, 0) is 38.0 Å². The predicted octanol–water partition coefficient (Wildman–Crippen LogP) is 8.66. The van der Waals surface area contributed by atoms with Crippen LogP contribution in [0.3, 0.4) is 0 Å². The van der Waals surface area contributed by atoms with E-state index in [1.807, 2.05) is 6.92 Å². The smallest absolute Gasteiger partial charge is 0.416 e. The molecule has 1 amide bonds. The second-order valence-corrected chi connectivity index (χ2v) is 8.81. The molecule has 0 unspecified atom stereocenters. The van der Waals surface area contributed by atoms with Crippen molar-refractivity contribution in [2.75, 3.05) is 7.11 Å². The summed E-state index contributed by atoms with van der Waals surface area (Å²) in [7, 11) is 1.32. The van der Waals surface area contributed by atoms with Crippen molar-refractivity contribution in [3.05, 3.63) is 88.0 Å². The van der Waals surface area contributed by atoms with Gasteiger partial charge in [-0.25, -0.2) is 4.79 Å². The fraction of sp³-hybridized carbons (Fsp3) is 0.296. The Bertz CT molecular complexity index is 1350. The van der Waals surface area contributed by atoms with Crippen molar-refractivity contribution in [2.24, 2.45) is 0 Å². The lowest BCUT2D eigenvalue weighted by atomic mass is 9.94. The normalized spacial score (nSPS) is 12.4. The zero-order valence-electron chi connectivity index (χ0n) is 20.9. The second-order valence-electron chi connectivity index (χ2n) is 8.81. The molecule has 0 aliphatic heterocycles. The Kier molecular flexibility index (Phi) is 8.66. The Labute approximate surface area is 222 Å². The van der Waals surface area contributed by atoms with E-state index in [9.17, 15) is 49.4 Å². The molecule has 0 spiro atoms. The van der Waals surface area contributed by atoms with Crippen molar-refractivity contribution < 1.29 is 54.2 Å². The fourth-order valence-corrected chi connectivity index (χ4v) is 4.08. The molecule has 0 aliphatic rings. The molecule has 0 heterocycles. The quantitative estimate of drug-likeness (QED) is 0.285. The van der Waals surface area contributed by atoms with Gasteiger partial charge in [-0.3, -0.25) is 4.90 Å². The van der Waals surface area contributed by atoms with E-state index in [1.54, 1.807) is 18.2 Å². The molecule has 0 radical (unpaired) electrons.